The first-order chi connectivity index (χ1) is 14.3. The second-order valence-corrected chi connectivity index (χ2v) is 9.65. The molecule has 0 aliphatic carbocycles. The highest BCUT2D eigenvalue weighted by atomic mass is 32.2. The van der Waals surface area contributed by atoms with Crippen LogP contribution >= 0.6 is 0 Å². The van der Waals surface area contributed by atoms with Crippen LogP contribution in [0.2, 0.25) is 0 Å². The summed E-state index contributed by atoms with van der Waals surface area (Å²) in [6.45, 7) is 4.75. The average molecular weight is 432 g/mol. The van der Waals surface area contributed by atoms with Crippen molar-refractivity contribution in [1.29, 1.82) is 0 Å². The lowest BCUT2D eigenvalue weighted by atomic mass is 9.97. The maximum Gasteiger partial charge on any atom is 0.243 e. The highest BCUT2D eigenvalue weighted by molar-refractivity contribution is 7.89. The molecular weight excluding hydrogens is 402 g/mol. The van der Waals surface area contributed by atoms with E-state index < -0.39 is 16.1 Å². The van der Waals surface area contributed by atoms with Gasteiger partial charge in [-0.3, -0.25) is 9.59 Å². The first-order valence-electron chi connectivity index (χ1n) is 10.4. The number of benzene rings is 2. The molecule has 1 saturated heterocycles. The van der Waals surface area contributed by atoms with E-state index in [1.54, 1.807) is 19.1 Å². The topological polar surface area (TPSA) is 95.6 Å². The Hall–Kier alpha value is -2.45. The summed E-state index contributed by atoms with van der Waals surface area (Å²) in [5, 5.41) is 7.37. The van der Waals surface area contributed by atoms with Gasteiger partial charge < -0.3 is 10.6 Å². The molecule has 1 aliphatic heterocycles. The van der Waals surface area contributed by atoms with E-state index in [4.69, 9.17) is 0 Å². The molecule has 2 N–H and O–H groups in total. The minimum Gasteiger partial charge on any atom is -0.354 e. The van der Waals surface area contributed by atoms with Gasteiger partial charge in [0.05, 0.1) is 4.90 Å². The van der Waals surface area contributed by atoms with Crippen LogP contribution in [0.25, 0.3) is 10.8 Å². The van der Waals surface area contributed by atoms with Crippen LogP contribution in [0.1, 0.15) is 33.1 Å². The number of carbonyl (C=O) groups is 2. The first-order valence-corrected chi connectivity index (χ1v) is 11.8. The lowest BCUT2D eigenvalue weighted by Crippen LogP contribution is -2.49. The Bertz CT molecular complexity index is 1010. The molecule has 8 heteroatoms. The number of fused-ring (bicyclic) bond motifs is 1. The van der Waals surface area contributed by atoms with Gasteiger partial charge in [0.2, 0.25) is 21.8 Å². The van der Waals surface area contributed by atoms with Crippen LogP contribution < -0.4 is 10.6 Å². The number of hydrogen-bond donors (Lipinski definition) is 2. The number of amides is 2. The van der Waals surface area contributed by atoms with Gasteiger partial charge in [-0.1, -0.05) is 37.3 Å². The van der Waals surface area contributed by atoms with E-state index in [0.717, 1.165) is 17.2 Å². The zero-order valence-corrected chi connectivity index (χ0v) is 18.2. The van der Waals surface area contributed by atoms with Crippen LogP contribution in [0.4, 0.5) is 0 Å². The van der Waals surface area contributed by atoms with Crippen LogP contribution in [0.15, 0.2) is 47.4 Å². The van der Waals surface area contributed by atoms with E-state index in [2.05, 4.69) is 10.6 Å². The summed E-state index contributed by atoms with van der Waals surface area (Å²) < 4.78 is 27.5. The van der Waals surface area contributed by atoms with Crippen LogP contribution in [0, 0.1) is 5.92 Å². The van der Waals surface area contributed by atoms with Gasteiger partial charge in [0, 0.05) is 25.6 Å². The number of sulfonamides is 1. The molecule has 2 aromatic carbocycles. The molecular formula is C22H29N3O4S. The molecule has 0 radical (unpaired) electrons. The van der Waals surface area contributed by atoms with E-state index in [9.17, 15) is 18.0 Å². The molecule has 7 nitrogen and oxygen atoms in total. The Morgan fingerprint density at radius 3 is 2.43 bits per heavy atom. The molecule has 2 amide bonds. The maximum absolute atomic E-state index is 13.0. The quantitative estimate of drug-likeness (QED) is 0.703. The zero-order chi connectivity index (χ0) is 21.7. The lowest BCUT2D eigenvalue weighted by Gasteiger charge is -2.31. The SMILES string of the molecule is CCCNC(=O)C(C)NC(=O)C1CCN(S(=O)(=O)c2ccc3ccccc3c2)CC1. The van der Waals surface area contributed by atoms with Crippen molar-refractivity contribution in [3.63, 3.8) is 0 Å². The van der Waals surface area contributed by atoms with Gasteiger partial charge in [-0.2, -0.15) is 4.31 Å². The van der Waals surface area contributed by atoms with Crippen molar-refractivity contribution in [2.45, 2.75) is 44.0 Å². The molecule has 0 saturated carbocycles. The summed E-state index contributed by atoms with van der Waals surface area (Å²) in [5.41, 5.74) is 0. The number of piperidine rings is 1. The van der Waals surface area contributed by atoms with Crippen LogP contribution in [0.3, 0.4) is 0 Å². The summed E-state index contributed by atoms with van der Waals surface area (Å²) in [6, 6.07) is 12.2. The summed E-state index contributed by atoms with van der Waals surface area (Å²) in [5.74, 6) is -0.701. The standard InChI is InChI=1S/C22H29N3O4S/c1-3-12-23-21(26)16(2)24-22(27)18-10-13-25(14-11-18)30(28,29)20-9-8-17-6-4-5-7-19(17)15-20/h4-9,15-16,18H,3,10-14H2,1-2H3,(H,23,26)(H,24,27). The monoisotopic (exact) mass is 431 g/mol. The highest BCUT2D eigenvalue weighted by Crippen LogP contribution is 2.26. The third kappa shape index (κ3) is 4.99. The van der Waals surface area contributed by atoms with E-state index in [-0.39, 0.29) is 35.7 Å². The fourth-order valence-electron chi connectivity index (χ4n) is 3.63. The fraction of sp³-hybridized carbons (Fsp3) is 0.455. The molecule has 0 bridgehead atoms. The molecule has 1 unspecified atom stereocenters. The Balaban J connectivity index is 1.60. The number of nitrogens with zero attached hydrogens (tertiary/aromatic N) is 1. The molecule has 0 spiro atoms. The zero-order valence-electron chi connectivity index (χ0n) is 17.4. The first kappa shape index (κ1) is 22.2. The van der Waals surface area contributed by atoms with Gasteiger partial charge in [-0.15, -0.1) is 0 Å². The normalized spacial score (nSPS) is 16.9. The second kappa shape index (κ2) is 9.57. The fourth-order valence-corrected chi connectivity index (χ4v) is 5.14. The third-order valence-electron chi connectivity index (χ3n) is 5.48. The molecule has 1 aliphatic rings. The summed E-state index contributed by atoms with van der Waals surface area (Å²) in [6.07, 6.45) is 1.69. The van der Waals surface area contributed by atoms with Crippen LogP contribution in [-0.2, 0) is 19.6 Å². The molecule has 0 aromatic heterocycles. The van der Waals surface area contributed by atoms with Crippen LogP contribution in [-0.4, -0.2) is 50.2 Å². The Kier molecular flexibility index (Phi) is 7.10. The Morgan fingerprint density at radius 1 is 1.10 bits per heavy atom. The molecule has 3 rings (SSSR count). The van der Waals surface area contributed by atoms with Gasteiger partial charge in [0.1, 0.15) is 6.04 Å². The van der Waals surface area contributed by atoms with Crippen molar-refractivity contribution in [3.05, 3.63) is 42.5 Å². The van der Waals surface area contributed by atoms with Crippen molar-refractivity contribution in [1.82, 2.24) is 14.9 Å². The van der Waals surface area contributed by atoms with Crippen molar-refractivity contribution in [3.8, 4) is 0 Å². The third-order valence-corrected chi connectivity index (χ3v) is 7.38. The van der Waals surface area contributed by atoms with Gasteiger partial charge in [-0.05, 0) is 49.1 Å². The summed E-state index contributed by atoms with van der Waals surface area (Å²) in [4.78, 5) is 24.7. The van der Waals surface area contributed by atoms with E-state index in [1.807, 2.05) is 37.3 Å². The van der Waals surface area contributed by atoms with Gasteiger partial charge in [0.25, 0.3) is 0 Å². The molecule has 2 aromatic rings. The largest absolute Gasteiger partial charge is 0.354 e. The average Bonchev–Trinajstić information content (AvgIpc) is 2.77. The second-order valence-electron chi connectivity index (χ2n) is 7.71. The van der Waals surface area contributed by atoms with Crippen molar-refractivity contribution < 1.29 is 18.0 Å². The highest BCUT2D eigenvalue weighted by Gasteiger charge is 2.33. The summed E-state index contributed by atoms with van der Waals surface area (Å²) >= 11 is 0. The minimum atomic E-state index is -3.61. The Labute approximate surface area is 177 Å². The molecule has 1 atom stereocenters. The minimum absolute atomic E-state index is 0.197. The van der Waals surface area contributed by atoms with Crippen molar-refractivity contribution >= 4 is 32.6 Å². The number of carbonyl (C=O) groups excluding carboxylic acids is 2. The number of hydrogen-bond acceptors (Lipinski definition) is 4. The van der Waals surface area contributed by atoms with Crippen molar-refractivity contribution in [2.75, 3.05) is 19.6 Å². The predicted molar refractivity (Wildman–Crippen MR) is 116 cm³/mol. The Morgan fingerprint density at radius 2 is 1.77 bits per heavy atom. The van der Waals surface area contributed by atoms with E-state index in [1.165, 1.54) is 4.31 Å². The molecule has 1 fully saturated rings. The maximum atomic E-state index is 13.0. The van der Waals surface area contributed by atoms with Crippen LogP contribution in [0.5, 0.6) is 0 Å². The van der Waals surface area contributed by atoms with Gasteiger partial charge in [0.15, 0.2) is 0 Å². The van der Waals surface area contributed by atoms with Gasteiger partial charge >= 0.3 is 0 Å². The smallest absolute Gasteiger partial charge is 0.243 e. The molecule has 30 heavy (non-hydrogen) atoms. The number of rotatable bonds is 7. The predicted octanol–water partition coefficient (Wildman–Crippen LogP) is 2.27. The lowest BCUT2D eigenvalue weighted by molar-refractivity contribution is -0.131. The van der Waals surface area contributed by atoms with Gasteiger partial charge in [-0.25, -0.2) is 8.42 Å². The van der Waals surface area contributed by atoms with E-state index >= 15 is 0 Å². The molecule has 162 valence electrons. The molecule has 1 heterocycles. The van der Waals surface area contributed by atoms with Crippen molar-refractivity contribution in [2.24, 2.45) is 5.92 Å². The van der Waals surface area contributed by atoms with E-state index in [0.29, 0.717) is 19.4 Å². The number of nitrogens with one attached hydrogen (secondary N) is 2. The summed E-state index contributed by atoms with van der Waals surface area (Å²) in [7, 11) is -3.61.